The normalized spacial score (nSPS) is 11.7. The van der Waals surface area contributed by atoms with Gasteiger partial charge in [0, 0.05) is 5.69 Å². The first-order valence-corrected chi connectivity index (χ1v) is 8.31. The highest BCUT2D eigenvalue weighted by atomic mass is 32.2. The lowest BCUT2D eigenvalue weighted by atomic mass is 10.3. The van der Waals surface area contributed by atoms with E-state index in [0.717, 1.165) is 5.69 Å². The molecule has 0 bridgehead atoms. The van der Waals surface area contributed by atoms with Crippen LogP contribution in [0.15, 0.2) is 64.8 Å². The number of benzene rings is 2. The topological polar surface area (TPSA) is 70.9 Å². The number of hydrogen-bond acceptors (Lipinski definition) is 4. The van der Waals surface area contributed by atoms with Gasteiger partial charge in [-0.1, -0.05) is 25.1 Å². The molecular formula is C15H17N3O2S. The predicted molar refractivity (Wildman–Crippen MR) is 84.8 cm³/mol. The molecule has 1 N–H and O–H groups in total. The summed E-state index contributed by atoms with van der Waals surface area (Å²) in [7, 11) is -3.26. The van der Waals surface area contributed by atoms with E-state index in [-0.39, 0.29) is 5.75 Å². The molecule has 6 heteroatoms. The smallest absolute Gasteiger partial charge is 0.232 e. The van der Waals surface area contributed by atoms with E-state index in [4.69, 9.17) is 0 Å². The number of anilines is 1. The van der Waals surface area contributed by atoms with Crippen LogP contribution in [0.25, 0.3) is 0 Å². The molecule has 0 saturated heterocycles. The van der Waals surface area contributed by atoms with E-state index in [2.05, 4.69) is 15.0 Å². The molecule has 0 aliphatic carbocycles. The average molecular weight is 303 g/mol. The Labute approximate surface area is 124 Å². The standard InChI is InChI=1S/C15H17N3O2S/c1-2-12-21(19,20)18-15-10-8-14(9-11-15)17-16-13-6-4-3-5-7-13/h3-11,18H,2,12H2,1H3. The van der Waals surface area contributed by atoms with Crippen molar-refractivity contribution in [2.75, 3.05) is 10.5 Å². The summed E-state index contributed by atoms with van der Waals surface area (Å²) in [5.41, 5.74) is 1.96. The van der Waals surface area contributed by atoms with E-state index in [1.165, 1.54) is 0 Å². The van der Waals surface area contributed by atoms with Gasteiger partial charge in [-0.15, -0.1) is 0 Å². The molecule has 0 aromatic heterocycles. The molecule has 2 aromatic rings. The number of nitrogens with one attached hydrogen (secondary N) is 1. The fraction of sp³-hybridized carbons (Fsp3) is 0.200. The van der Waals surface area contributed by atoms with Crippen LogP contribution in [0.1, 0.15) is 13.3 Å². The Bertz CT molecular complexity index is 695. The highest BCUT2D eigenvalue weighted by molar-refractivity contribution is 7.92. The number of hydrogen-bond donors (Lipinski definition) is 1. The Balaban J connectivity index is 2.04. The fourth-order valence-corrected chi connectivity index (χ4v) is 2.84. The summed E-state index contributed by atoms with van der Waals surface area (Å²) in [4.78, 5) is 0. The predicted octanol–water partition coefficient (Wildman–Crippen LogP) is 4.25. The van der Waals surface area contributed by atoms with Crippen molar-refractivity contribution in [2.45, 2.75) is 13.3 Å². The third-order valence-corrected chi connectivity index (χ3v) is 4.14. The molecule has 0 saturated carbocycles. The summed E-state index contributed by atoms with van der Waals surface area (Å²) >= 11 is 0. The molecular weight excluding hydrogens is 286 g/mol. The number of rotatable bonds is 6. The summed E-state index contributed by atoms with van der Waals surface area (Å²) in [5, 5.41) is 8.19. The molecule has 0 radical (unpaired) electrons. The lowest BCUT2D eigenvalue weighted by Crippen LogP contribution is -2.15. The number of sulfonamides is 1. The molecule has 0 spiro atoms. The van der Waals surface area contributed by atoms with E-state index < -0.39 is 10.0 Å². The Morgan fingerprint density at radius 2 is 1.48 bits per heavy atom. The number of nitrogens with zero attached hydrogens (tertiary/aromatic N) is 2. The molecule has 5 nitrogen and oxygen atoms in total. The van der Waals surface area contributed by atoms with Crippen molar-refractivity contribution in [2.24, 2.45) is 10.2 Å². The summed E-state index contributed by atoms with van der Waals surface area (Å²) in [5.74, 6) is 0.114. The van der Waals surface area contributed by atoms with Crippen LogP contribution in [0, 0.1) is 0 Å². The van der Waals surface area contributed by atoms with Crippen LogP contribution in [0.2, 0.25) is 0 Å². The summed E-state index contributed by atoms with van der Waals surface area (Å²) in [6, 6.07) is 16.2. The van der Waals surface area contributed by atoms with Crippen LogP contribution in [0.4, 0.5) is 17.1 Å². The van der Waals surface area contributed by atoms with E-state index in [9.17, 15) is 8.42 Å². The fourth-order valence-electron chi connectivity index (χ4n) is 1.71. The van der Waals surface area contributed by atoms with Gasteiger partial charge in [-0.3, -0.25) is 4.72 Å². The van der Waals surface area contributed by atoms with Crippen LogP contribution < -0.4 is 4.72 Å². The SMILES string of the molecule is CCCS(=O)(=O)Nc1ccc(N=Nc2ccccc2)cc1. The van der Waals surface area contributed by atoms with E-state index in [1.807, 2.05) is 37.3 Å². The molecule has 0 aliphatic heterocycles. The largest absolute Gasteiger partial charge is 0.284 e. The molecule has 0 atom stereocenters. The third kappa shape index (κ3) is 5.00. The van der Waals surface area contributed by atoms with Crippen molar-refractivity contribution in [1.29, 1.82) is 0 Å². The molecule has 2 rings (SSSR count). The van der Waals surface area contributed by atoms with Gasteiger partial charge in [0.1, 0.15) is 0 Å². The van der Waals surface area contributed by atoms with Crippen molar-refractivity contribution in [3.8, 4) is 0 Å². The van der Waals surface area contributed by atoms with Gasteiger partial charge in [-0.25, -0.2) is 8.42 Å². The van der Waals surface area contributed by atoms with Gasteiger partial charge in [-0.2, -0.15) is 10.2 Å². The van der Waals surface area contributed by atoms with E-state index in [0.29, 0.717) is 17.8 Å². The average Bonchev–Trinajstić information content (AvgIpc) is 2.47. The zero-order valence-electron chi connectivity index (χ0n) is 11.7. The highest BCUT2D eigenvalue weighted by Gasteiger charge is 2.08. The second kappa shape index (κ2) is 6.99. The van der Waals surface area contributed by atoms with Crippen LogP contribution in [0.3, 0.4) is 0 Å². The first-order chi connectivity index (χ1) is 10.1. The molecule has 110 valence electrons. The van der Waals surface area contributed by atoms with Crippen LogP contribution in [-0.4, -0.2) is 14.2 Å². The third-order valence-electron chi connectivity index (χ3n) is 2.65. The van der Waals surface area contributed by atoms with Gasteiger partial charge in [0.25, 0.3) is 0 Å². The summed E-state index contributed by atoms with van der Waals surface area (Å²) < 4.78 is 25.8. The van der Waals surface area contributed by atoms with Crippen LogP contribution >= 0.6 is 0 Å². The van der Waals surface area contributed by atoms with Crippen molar-refractivity contribution >= 4 is 27.1 Å². The summed E-state index contributed by atoms with van der Waals surface area (Å²) in [6.45, 7) is 1.83. The summed E-state index contributed by atoms with van der Waals surface area (Å²) in [6.07, 6.45) is 0.582. The minimum Gasteiger partial charge on any atom is -0.284 e. The molecule has 2 aromatic carbocycles. The van der Waals surface area contributed by atoms with Crippen molar-refractivity contribution in [3.05, 3.63) is 54.6 Å². The molecule has 0 fully saturated rings. The van der Waals surface area contributed by atoms with E-state index in [1.54, 1.807) is 24.3 Å². The molecule has 0 heterocycles. The Morgan fingerprint density at radius 1 is 0.905 bits per heavy atom. The van der Waals surface area contributed by atoms with Gasteiger partial charge in [0.15, 0.2) is 0 Å². The molecule has 0 aliphatic rings. The highest BCUT2D eigenvalue weighted by Crippen LogP contribution is 2.20. The van der Waals surface area contributed by atoms with Crippen molar-refractivity contribution in [3.63, 3.8) is 0 Å². The maximum atomic E-state index is 11.6. The monoisotopic (exact) mass is 303 g/mol. The van der Waals surface area contributed by atoms with Gasteiger partial charge < -0.3 is 0 Å². The van der Waals surface area contributed by atoms with Crippen LogP contribution in [-0.2, 0) is 10.0 Å². The van der Waals surface area contributed by atoms with Gasteiger partial charge in [-0.05, 0) is 42.8 Å². The lowest BCUT2D eigenvalue weighted by Gasteiger charge is -2.06. The maximum absolute atomic E-state index is 11.6. The Morgan fingerprint density at radius 3 is 2.05 bits per heavy atom. The van der Waals surface area contributed by atoms with Crippen LogP contribution in [0.5, 0.6) is 0 Å². The molecule has 21 heavy (non-hydrogen) atoms. The zero-order valence-corrected chi connectivity index (χ0v) is 12.5. The zero-order chi connectivity index (χ0) is 15.1. The Kier molecular flexibility index (Phi) is 5.05. The molecule has 0 amide bonds. The minimum absolute atomic E-state index is 0.114. The van der Waals surface area contributed by atoms with E-state index >= 15 is 0 Å². The Hall–Kier alpha value is -2.21. The van der Waals surface area contributed by atoms with Gasteiger partial charge in [0.05, 0.1) is 17.1 Å². The quantitative estimate of drug-likeness (QED) is 0.810. The first-order valence-electron chi connectivity index (χ1n) is 6.66. The first kappa shape index (κ1) is 15.2. The molecule has 0 unspecified atom stereocenters. The second-order valence-corrected chi connectivity index (χ2v) is 6.35. The van der Waals surface area contributed by atoms with Crippen molar-refractivity contribution < 1.29 is 8.42 Å². The lowest BCUT2D eigenvalue weighted by molar-refractivity contribution is 0.600. The maximum Gasteiger partial charge on any atom is 0.232 e. The van der Waals surface area contributed by atoms with Gasteiger partial charge >= 0.3 is 0 Å². The van der Waals surface area contributed by atoms with Gasteiger partial charge in [0.2, 0.25) is 10.0 Å². The van der Waals surface area contributed by atoms with Crippen molar-refractivity contribution in [1.82, 2.24) is 0 Å². The minimum atomic E-state index is -3.26. The second-order valence-electron chi connectivity index (χ2n) is 4.50. The number of azo groups is 1.